The molecule has 0 amide bonds. The van der Waals surface area contributed by atoms with Gasteiger partial charge >= 0.3 is 0 Å². The Morgan fingerprint density at radius 2 is 2.17 bits per heavy atom. The first-order chi connectivity index (χ1) is 5.66. The van der Waals surface area contributed by atoms with Gasteiger partial charge in [-0.2, -0.15) is 5.10 Å². The van der Waals surface area contributed by atoms with Crippen LogP contribution in [0, 0.1) is 13.8 Å². The van der Waals surface area contributed by atoms with Crippen molar-refractivity contribution >= 4 is 22.0 Å². The number of alkyl halides is 1. The van der Waals surface area contributed by atoms with Gasteiger partial charge in [0.2, 0.25) is 0 Å². The Morgan fingerprint density at radius 3 is 2.58 bits per heavy atom. The molecule has 0 aliphatic carbocycles. The Kier molecular flexibility index (Phi) is 3.09. The lowest BCUT2D eigenvalue weighted by atomic mass is 10.2. The van der Waals surface area contributed by atoms with Gasteiger partial charge in [-0.05, 0) is 13.8 Å². The summed E-state index contributed by atoms with van der Waals surface area (Å²) in [6.45, 7) is 4.11. The van der Waals surface area contributed by atoms with Crippen LogP contribution in [0.5, 0.6) is 0 Å². The lowest BCUT2D eigenvalue weighted by Gasteiger charge is -1.93. The van der Waals surface area contributed by atoms with Gasteiger partial charge in [0.05, 0.1) is 5.69 Å². The normalized spacial score (nSPS) is 11.3. The van der Waals surface area contributed by atoms with E-state index in [1.807, 2.05) is 18.7 Å². The van der Waals surface area contributed by atoms with Crippen LogP contribution in [0.3, 0.4) is 0 Å². The first-order valence-electron chi connectivity index (χ1n) is 3.89. The van der Waals surface area contributed by atoms with Gasteiger partial charge in [0.1, 0.15) is 0 Å². The van der Waals surface area contributed by atoms with Crippen molar-refractivity contribution in [2.24, 2.45) is 7.05 Å². The van der Waals surface area contributed by atoms with Gasteiger partial charge in [0.15, 0.2) is 0 Å². The number of hydrogen-bond donors (Lipinski definition) is 0. The highest BCUT2D eigenvalue weighted by Crippen LogP contribution is 2.13. The fourth-order valence-electron chi connectivity index (χ4n) is 1.19. The van der Waals surface area contributed by atoms with Gasteiger partial charge in [-0.25, -0.2) is 0 Å². The molecule has 0 aromatic carbocycles. The van der Waals surface area contributed by atoms with Crippen molar-refractivity contribution in [2.45, 2.75) is 13.8 Å². The standard InChI is InChI=1S/C9H13BrN2/c1-7-9(5-4-6-10)8(2)12(3)11-7/h4-5H,6H2,1-3H3. The topological polar surface area (TPSA) is 17.8 Å². The van der Waals surface area contributed by atoms with Crippen molar-refractivity contribution < 1.29 is 0 Å². The van der Waals surface area contributed by atoms with E-state index in [0.717, 1.165) is 11.0 Å². The highest BCUT2D eigenvalue weighted by Gasteiger charge is 2.04. The van der Waals surface area contributed by atoms with Gasteiger partial charge in [-0.1, -0.05) is 28.1 Å². The van der Waals surface area contributed by atoms with Crippen LogP contribution in [0.15, 0.2) is 6.08 Å². The summed E-state index contributed by atoms with van der Waals surface area (Å²) < 4.78 is 1.91. The van der Waals surface area contributed by atoms with Crippen LogP contribution < -0.4 is 0 Å². The summed E-state index contributed by atoms with van der Waals surface area (Å²) in [5.41, 5.74) is 3.54. The van der Waals surface area contributed by atoms with E-state index in [1.165, 1.54) is 11.3 Å². The first kappa shape index (κ1) is 9.52. The number of aryl methyl sites for hydroxylation is 2. The van der Waals surface area contributed by atoms with Gasteiger partial charge < -0.3 is 0 Å². The molecule has 1 heterocycles. The molecule has 0 fully saturated rings. The number of rotatable bonds is 2. The maximum atomic E-state index is 4.31. The summed E-state index contributed by atoms with van der Waals surface area (Å²) in [6, 6.07) is 0. The van der Waals surface area contributed by atoms with E-state index in [-0.39, 0.29) is 0 Å². The molecule has 0 spiro atoms. The van der Waals surface area contributed by atoms with Crippen molar-refractivity contribution in [3.63, 3.8) is 0 Å². The van der Waals surface area contributed by atoms with Crippen molar-refractivity contribution in [3.8, 4) is 0 Å². The lowest BCUT2D eigenvalue weighted by Crippen LogP contribution is -1.92. The summed E-state index contributed by atoms with van der Waals surface area (Å²) in [4.78, 5) is 0. The Morgan fingerprint density at radius 1 is 1.50 bits per heavy atom. The third-order valence-electron chi connectivity index (χ3n) is 1.94. The molecular formula is C9H13BrN2. The molecule has 0 radical (unpaired) electrons. The number of aromatic nitrogens is 2. The highest BCUT2D eigenvalue weighted by atomic mass is 79.9. The zero-order valence-corrected chi connectivity index (χ0v) is 9.22. The molecule has 0 bridgehead atoms. The summed E-state index contributed by atoms with van der Waals surface area (Å²) in [5, 5.41) is 5.20. The molecule has 1 aromatic heterocycles. The number of hydrogen-bond acceptors (Lipinski definition) is 1. The Bertz CT molecular complexity index is 300. The largest absolute Gasteiger partial charge is 0.272 e. The van der Waals surface area contributed by atoms with Gasteiger partial charge in [0, 0.05) is 23.6 Å². The zero-order valence-electron chi connectivity index (χ0n) is 7.63. The molecule has 2 nitrogen and oxygen atoms in total. The molecule has 12 heavy (non-hydrogen) atoms. The van der Waals surface area contributed by atoms with Crippen LogP contribution in [0.25, 0.3) is 6.08 Å². The molecule has 0 N–H and O–H groups in total. The van der Waals surface area contributed by atoms with E-state index in [1.54, 1.807) is 0 Å². The second kappa shape index (κ2) is 3.90. The molecule has 0 unspecified atom stereocenters. The van der Waals surface area contributed by atoms with Crippen molar-refractivity contribution in [3.05, 3.63) is 23.0 Å². The Balaban J connectivity index is 3.05. The molecule has 0 aliphatic heterocycles. The molecule has 0 aliphatic rings. The van der Waals surface area contributed by atoms with E-state index in [4.69, 9.17) is 0 Å². The summed E-state index contributed by atoms with van der Waals surface area (Å²) in [5.74, 6) is 0. The van der Waals surface area contributed by atoms with E-state index < -0.39 is 0 Å². The summed E-state index contributed by atoms with van der Waals surface area (Å²) >= 11 is 3.35. The molecule has 0 atom stereocenters. The molecule has 1 rings (SSSR count). The van der Waals surface area contributed by atoms with Gasteiger partial charge in [-0.3, -0.25) is 4.68 Å². The highest BCUT2D eigenvalue weighted by molar-refractivity contribution is 9.09. The minimum absolute atomic E-state index is 0.890. The maximum Gasteiger partial charge on any atom is 0.0668 e. The SMILES string of the molecule is Cc1nn(C)c(C)c1C=CCBr. The monoisotopic (exact) mass is 228 g/mol. The van der Waals surface area contributed by atoms with E-state index in [2.05, 4.69) is 40.1 Å². The zero-order chi connectivity index (χ0) is 9.14. The van der Waals surface area contributed by atoms with Crippen LogP contribution in [-0.4, -0.2) is 15.1 Å². The minimum atomic E-state index is 0.890. The third kappa shape index (κ3) is 1.78. The molecule has 0 saturated heterocycles. The van der Waals surface area contributed by atoms with Crippen LogP contribution in [0.4, 0.5) is 0 Å². The first-order valence-corrected chi connectivity index (χ1v) is 5.01. The van der Waals surface area contributed by atoms with Crippen LogP contribution in [0.1, 0.15) is 17.0 Å². The van der Waals surface area contributed by atoms with E-state index >= 15 is 0 Å². The second-order valence-corrected chi connectivity index (χ2v) is 3.41. The minimum Gasteiger partial charge on any atom is -0.272 e. The molecule has 66 valence electrons. The Hall–Kier alpha value is -0.570. The lowest BCUT2D eigenvalue weighted by molar-refractivity contribution is 0.731. The second-order valence-electron chi connectivity index (χ2n) is 2.76. The van der Waals surface area contributed by atoms with E-state index in [9.17, 15) is 0 Å². The van der Waals surface area contributed by atoms with Crippen LogP contribution >= 0.6 is 15.9 Å². The van der Waals surface area contributed by atoms with Crippen LogP contribution in [-0.2, 0) is 7.05 Å². The molecule has 0 saturated carbocycles. The quantitative estimate of drug-likeness (QED) is 0.712. The fourth-order valence-corrected chi connectivity index (χ4v) is 1.38. The Labute approximate surface area is 81.4 Å². The van der Waals surface area contributed by atoms with Crippen LogP contribution in [0.2, 0.25) is 0 Å². The number of allylic oxidation sites excluding steroid dienone is 1. The molecule has 3 heteroatoms. The maximum absolute atomic E-state index is 4.31. The summed E-state index contributed by atoms with van der Waals surface area (Å²) in [7, 11) is 1.97. The smallest absolute Gasteiger partial charge is 0.0668 e. The third-order valence-corrected chi connectivity index (χ3v) is 2.31. The van der Waals surface area contributed by atoms with Gasteiger partial charge in [0.25, 0.3) is 0 Å². The average Bonchev–Trinajstić information content (AvgIpc) is 2.25. The number of halogens is 1. The predicted molar refractivity (Wildman–Crippen MR) is 55.5 cm³/mol. The van der Waals surface area contributed by atoms with E-state index in [0.29, 0.717) is 0 Å². The number of nitrogens with zero attached hydrogens (tertiary/aromatic N) is 2. The molecular weight excluding hydrogens is 216 g/mol. The van der Waals surface area contributed by atoms with Crippen molar-refractivity contribution in [1.82, 2.24) is 9.78 Å². The van der Waals surface area contributed by atoms with Gasteiger partial charge in [-0.15, -0.1) is 0 Å². The average molecular weight is 229 g/mol. The fraction of sp³-hybridized carbons (Fsp3) is 0.444. The van der Waals surface area contributed by atoms with Crippen molar-refractivity contribution in [2.75, 3.05) is 5.33 Å². The molecule has 1 aromatic rings. The summed E-state index contributed by atoms with van der Waals surface area (Å²) in [6.07, 6.45) is 4.18. The van der Waals surface area contributed by atoms with Crippen molar-refractivity contribution in [1.29, 1.82) is 0 Å². The predicted octanol–water partition coefficient (Wildman–Crippen LogP) is 2.45.